The zero-order valence-electron chi connectivity index (χ0n) is 14.6. The minimum absolute atomic E-state index is 0.0519. The van der Waals surface area contributed by atoms with E-state index < -0.39 is 6.49 Å². The van der Waals surface area contributed by atoms with Crippen molar-refractivity contribution in [2.45, 2.75) is 63.3 Å². The van der Waals surface area contributed by atoms with E-state index >= 15 is 0 Å². The van der Waals surface area contributed by atoms with Gasteiger partial charge < -0.3 is 28.0 Å². The van der Waals surface area contributed by atoms with Crippen LogP contribution in [0.3, 0.4) is 0 Å². The highest BCUT2D eigenvalue weighted by Gasteiger charge is 2.38. The third-order valence-electron chi connectivity index (χ3n) is 4.21. The van der Waals surface area contributed by atoms with Gasteiger partial charge in [-0.1, -0.05) is 0 Å². The number of hydrogen-bond donors (Lipinski definition) is 0. The Bertz CT molecular complexity index is 423. The summed E-state index contributed by atoms with van der Waals surface area (Å²) in [5, 5.41) is 0. The molecule has 0 aromatic heterocycles. The predicted octanol–water partition coefficient (Wildman–Crippen LogP) is 2.34. The van der Waals surface area contributed by atoms with Crippen LogP contribution in [0.1, 0.15) is 26.7 Å². The number of rotatable bonds is 8. The van der Waals surface area contributed by atoms with E-state index in [0.717, 1.165) is 12.8 Å². The van der Waals surface area contributed by atoms with Crippen molar-refractivity contribution in [3.63, 3.8) is 0 Å². The number of ether oxygens (including phenoxy) is 4. The molecule has 0 aromatic carbocycles. The molecule has 0 spiro atoms. The molecule has 2 saturated heterocycles. The molecule has 2 aliphatic rings. The van der Waals surface area contributed by atoms with Gasteiger partial charge in [-0.2, -0.15) is 0 Å². The molecule has 23 heavy (non-hydrogen) atoms. The van der Waals surface area contributed by atoms with Crippen LogP contribution in [0, 0.1) is 0 Å². The Balaban J connectivity index is 1.85. The van der Waals surface area contributed by atoms with E-state index in [1.165, 1.54) is 0 Å². The summed E-state index contributed by atoms with van der Waals surface area (Å²) in [5.41, 5.74) is 0. The van der Waals surface area contributed by atoms with Crippen LogP contribution in [-0.2, 0) is 39.8 Å². The molecule has 0 bridgehead atoms. The molecule has 2 rings (SSSR count). The Hall–Kier alpha value is 0.410. The summed E-state index contributed by atoms with van der Waals surface area (Å²) in [6.45, 7) is 4.45. The standard InChI is InChI=1S/C15H29O6PS/c1-10-6-12(17-4)15(20-10)9-18-22(5,23)21-13-7-11(2)19-14(13)8-16-3/h10-15H,6-9H2,1-5H3/t10-,11-,12?,13?,14+,15+,22?/m0/s1. The van der Waals surface area contributed by atoms with E-state index in [0.29, 0.717) is 13.2 Å². The molecular formula is C15H29O6PS. The van der Waals surface area contributed by atoms with Crippen LogP contribution in [0.25, 0.3) is 0 Å². The molecule has 3 unspecified atom stereocenters. The summed E-state index contributed by atoms with van der Waals surface area (Å²) in [6, 6.07) is 0. The van der Waals surface area contributed by atoms with Crippen LogP contribution in [0.5, 0.6) is 0 Å². The Morgan fingerprint density at radius 3 is 2.13 bits per heavy atom. The fourth-order valence-electron chi connectivity index (χ4n) is 3.14. The topological polar surface area (TPSA) is 55.4 Å². The average molecular weight is 368 g/mol. The molecule has 0 aliphatic carbocycles. The lowest BCUT2D eigenvalue weighted by Gasteiger charge is -2.27. The van der Waals surface area contributed by atoms with Crippen molar-refractivity contribution >= 4 is 18.3 Å². The van der Waals surface area contributed by atoms with Gasteiger partial charge in [0, 0.05) is 33.7 Å². The van der Waals surface area contributed by atoms with E-state index in [2.05, 4.69) is 0 Å². The first kappa shape index (κ1) is 19.7. The highest BCUT2D eigenvalue weighted by Crippen LogP contribution is 2.48. The van der Waals surface area contributed by atoms with Crippen molar-refractivity contribution < 1.29 is 28.0 Å². The van der Waals surface area contributed by atoms with Crippen LogP contribution in [0.4, 0.5) is 0 Å². The van der Waals surface area contributed by atoms with Gasteiger partial charge >= 0.3 is 0 Å². The van der Waals surface area contributed by atoms with E-state index in [4.69, 9.17) is 39.8 Å². The van der Waals surface area contributed by atoms with Gasteiger partial charge in [0.05, 0.1) is 37.6 Å². The molecule has 2 aliphatic heterocycles. The summed E-state index contributed by atoms with van der Waals surface area (Å²) in [4.78, 5) is 0. The molecule has 7 atom stereocenters. The highest BCUT2D eigenvalue weighted by atomic mass is 32.5. The van der Waals surface area contributed by atoms with Crippen molar-refractivity contribution in [2.75, 3.05) is 34.1 Å². The summed E-state index contributed by atoms with van der Waals surface area (Å²) in [7, 11) is 3.36. The SMILES string of the molecule is COC[C@H]1O[C@@H](C)CC1OP(C)(=S)OC[C@H]1O[C@@H](C)CC1OC. The predicted molar refractivity (Wildman–Crippen MR) is 91.6 cm³/mol. The quantitative estimate of drug-likeness (QED) is 0.610. The van der Waals surface area contributed by atoms with E-state index in [-0.39, 0.29) is 36.6 Å². The smallest absolute Gasteiger partial charge is 0.186 e. The minimum Gasteiger partial charge on any atom is -0.382 e. The third kappa shape index (κ3) is 5.72. The van der Waals surface area contributed by atoms with Gasteiger partial charge in [-0.25, -0.2) is 0 Å². The van der Waals surface area contributed by atoms with Gasteiger partial charge in [0.15, 0.2) is 6.49 Å². The number of methoxy groups -OCH3 is 2. The van der Waals surface area contributed by atoms with Crippen molar-refractivity contribution in [3.05, 3.63) is 0 Å². The average Bonchev–Trinajstić information content (AvgIpc) is 2.99. The lowest BCUT2D eigenvalue weighted by molar-refractivity contribution is -0.0341. The zero-order valence-corrected chi connectivity index (χ0v) is 16.3. The second kappa shape index (κ2) is 8.68. The largest absolute Gasteiger partial charge is 0.382 e. The third-order valence-corrected chi connectivity index (χ3v) is 6.05. The van der Waals surface area contributed by atoms with E-state index in [1.807, 2.05) is 20.5 Å². The van der Waals surface area contributed by atoms with Crippen molar-refractivity contribution in [1.29, 1.82) is 0 Å². The Kier molecular flexibility index (Phi) is 7.44. The van der Waals surface area contributed by atoms with Gasteiger partial charge in [-0.3, -0.25) is 0 Å². The van der Waals surface area contributed by atoms with Crippen LogP contribution >= 0.6 is 6.49 Å². The maximum Gasteiger partial charge on any atom is 0.186 e. The Morgan fingerprint density at radius 2 is 1.57 bits per heavy atom. The Morgan fingerprint density at radius 1 is 1.00 bits per heavy atom. The fraction of sp³-hybridized carbons (Fsp3) is 1.00. The molecule has 0 radical (unpaired) electrons. The molecule has 0 aromatic rings. The van der Waals surface area contributed by atoms with E-state index in [1.54, 1.807) is 14.2 Å². The summed E-state index contributed by atoms with van der Waals surface area (Å²) < 4.78 is 34.3. The first-order valence-electron chi connectivity index (χ1n) is 8.07. The molecule has 0 saturated carbocycles. The maximum atomic E-state index is 6.09. The van der Waals surface area contributed by atoms with Crippen LogP contribution in [0.15, 0.2) is 0 Å². The Labute approximate surface area is 144 Å². The molecule has 2 fully saturated rings. The van der Waals surface area contributed by atoms with Crippen LogP contribution in [0.2, 0.25) is 0 Å². The lowest BCUT2D eigenvalue weighted by atomic mass is 10.1. The second-order valence-electron chi connectivity index (χ2n) is 6.38. The fourth-order valence-corrected chi connectivity index (χ4v) is 4.85. The van der Waals surface area contributed by atoms with Crippen molar-refractivity contribution in [2.24, 2.45) is 0 Å². The maximum absolute atomic E-state index is 6.09. The van der Waals surface area contributed by atoms with Crippen molar-refractivity contribution in [3.8, 4) is 0 Å². The molecule has 2 heterocycles. The summed E-state index contributed by atoms with van der Waals surface area (Å²) in [5.74, 6) is 0. The molecular weight excluding hydrogens is 339 g/mol. The lowest BCUT2D eigenvalue weighted by Crippen LogP contribution is -2.30. The number of hydrogen-bond acceptors (Lipinski definition) is 7. The second-order valence-corrected chi connectivity index (χ2v) is 10.4. The molecule has 0 N–H and O–H groups in total. The normalized spacial score (nSPS) is 40.4. The zero-order chi connectivity index (χ0) is 17.0. The highest BCUT2D eigenvalue weighted by molar-refractivity contribution is 8.09. The van der Waals surface area contributed by atoms with E-state index in [9.17, 15) is 0 Å². The monoisotopic (exact) mass is 368 g/mol. The van der Waals surface area contributed by atoms with Crippen LogP contribution in [-0.4, -0.2) is 70.7 Å². The van der Waals surface area contributed by atoms with Gasteiger partial charge in [0.1, 0.15) is 12.2 Å². The van der Waals surface area contributed by atoms with Gasteiger partial charge in [0.25, 0.3) is 0 Å². The first-order valence-corrected chi connectivity index (χ1v) is 11.2. The minimum atomic E-state index is -2.38. The van der Waals surface area contributed by atoms with Crippen LogP contribution < -0.4 is 0 Å². The van der Waals surface area contributed by atoms with Gasteiger partial charge in [-0.05, 0) is 25.7 Å². The van der Waals surface area contributed by atoms with Crippen molar-refractivity contribution in [1.82, 2.24) is 0 Å². The first-order chi connectivity index (χ1) is 10.8. The summed E-state index contributed by atoms with van der Waals surface area (Å²) >= 11 is 5.57. The van der Waals surface area contributed by atoms with Gasteiger partial charge in [0.2, 0.25) is 0 Å². The molecule has 136 valence electrons. The summed E-state index contributed by atoms with van der Waals surface area (Å²) in [6.07, 6.45) is 1.80. The molecule has 8 heteroatoms. The molecule has 0 amide bonds. The van der Waals surface area contributed by atoms with Gasteiger partial charge in [-0.15, -0.1) is 0 Å². The molecule has 6 nitrogen and oxygen atoms in total.